The summed E-state index contributed by atoms with van der Waals surface area (Å²) in [5.41, 5.74) is 1.34. The number of thiazole rings is 1. The van der Waals surface area contributed by atoms with Gasteiger partial charge in [0, 0.05) is 31.7 Å². The van der Waals surface area contributed by atoms with Gasteiger partial charge in [0.25, 0.3) is 5.91 Å². The number of nitrogens with one attached hydrogen (secondary N) is 2. The third-order valence-electron chi connectivity index (χ3n) is 7.17. The van der Waals surface area contributed by atoms with Crippen LogP contribution in [0.3, 0.4) is 0 Å². The number of hydrogen-bond acceptors (Lipinski definition) is 6. The second-order valence-corrected chi connectivity index (χ2v) is 11.0. The molecule has 2 amide bonds. The quantitative estimate of drug-likeness (QED) is 0.362. The van der Waals surface area contributed by atoms with E-state index in [9.17, 15) is 22.8 Å². The topological polar surface area (TPSA) is 104 Å². The van der Waals surface area contributed by atoms with E-state index in [1.807, 2.05) is 6.92 Å². The summed E-state index contributed by atoms with van der Waals surface area (Å²) in [4.78, 5) is 30.3. The highest BCUT2D eigenvalue weighted by Gasteiger charge is 2.46. The number of carbonyl (C=O) groups excluding carboxylic acids is 1. The average Bonchev–Trinajstić information content (AvgIpc) is 3.56. The van der Waals surface area contributed by atoms with Gasteiger partial charge in [-0.15, -0.1) is 0 Å². The Kier molecular flexibility index (Phi) is 7.25. The zero-order valence-electron chi connectivity index (χ0n) is 21.0. The van der Waals surface area contributed by atoms with Gasteiger partial charge in [-0.1, -0.05) is 41.7 Å². The van der Waals surface area contributed by atoms with Crippen LogP contribution in [0.25, 0.3) is 11.1 Å². The van der Waals surface area contributed by atoms with Gasteiger partial charge in [-0.2, -0.15) is 13.2 Å². The van der Waals surface area contributed by atoms with Crippen molar-refractivity contribution in [1.82, 2.24) is 15.6 Å². The van der Waals surface area contributed by atoms with Crippen LogP contribution < -0.4 is 15.5 Å². The van der Waals surface area contributed by atoms with Crippen LogP contribution in [0.15, 0.2) is 48.7 Å². The second kappa shape index (κ2) is 10.5. The molecule has 2 aromatic carbocycles. The number of ether oxygens (including phenoxy) is 1. The second-order valence-electron chi connectivity index (χ2n) is 10.0. The molecule has 0 unspecified atom stereocenters. The fourth-order valence-corrected chi connectivity index (χ4v) is 5.79. The van der Waals surface area contributed by atoms with Crippen molar-refractivity contribution in [3.63, 3.8) is 0 Å². The molecule has 2 saturated heterocycles. The van der Waals surface area contributed by atoms with Crippen molar-refractivity contribution in [3.05, 3.63) is 70.4 Å². The molecule has 2 fully saturated rings. The van der Waals surface area contributed by atoms with Crippen LogP contribution in [-0.2, 0) is 17.5 Å². The first-order valence-corrected chi connectivity index (χ1v) is 13.2. The molecule has 0 bridgehead atoms. The monoisotopic (exact) mass is 560 g/mol. The van der Waals surface area contributed by atoms with E-state index < -0.39 is 17.8 Å². The molecule has 0 radical (unpaired) electrons. The van der Waals surface area contributed by atoms with Crippen LogP contribution in [0.4, 0.5) is 23.0 Å². The van der Waals surface area contributed by atoms with Gasteiger partial charge in [0.05, 0.1) is 24.4 Å². The molecule has 2 aliphatic rings. The molecule has 5 rings (SSSR count). The molecule has 206 valence electrons. The summed E-state index contributed by atoms with van der Waals surface area (Å²) in [7, 11) is 0. The molecule has 1 spiro atoms. The Morgan fingerprint density at radius 1 is 1.21 bits per heavy atom. The number of alkyl halides is 3. The molecule has 1 aromatic heterocycles. The van der Waals surface area contributed by atoms with Crippen molar-refractivity contribution in [1.29, 1.82) is 0 Å². The third-order valence-corrected chi connectivity index (χ3v) is 8.23. The molecule has 8 nitrogen and oxygen atoms in total. The van der Waals surface area contributed by atoms with Gasteiger partial charge in [0.1, 0.15) is 5.00 Å². The van der Waals surface area contributed by atoms with E-state index in [2.05, 4.69) is 20.5 Å². The summed E-state index contributed by atoms with van der Waals surface area (Å²) in [5, 5.41) is 15.4. The maximum Gasteiger partial charge on any atom is 0.416 e. The molecular weight excluding hydrogens is 533 g/mol. The number of carboxylic acid groups (broad SMARTS) is 1. The Labute approximate surface area is 226 Å². The number of hydrogen-bond donors (Lipinski definition) is 3. The maximum atomic E-state index is 13.3. The molecule has 2 aliphatic heterocycles. The Balaban J connectivity index is 1.26. The van der Waals surface area contributed by atoms with E-state index >= 15 is 0 Å². The fourth-order valence-electron chi connectivity index (χ4n) is 4.97. The van der Waals surface area contributed by atoms with E-state index in [1.165, 1.54) is 17.4 Å². The van der Waals surface area contributed by atoms with Crippen molar-refractivity contribution < 1.29 is 32.6 Å². The smallest absolute Gasteiger partial charge is 0.416 e. The molecule has 3 aromatic rings. The van der Waals surface area contributed by atoms with Crippen molar-refractivity contribution in [2.24, 2.45) is 5.41 Å². The number of benzene rings is 2. The zero-order chi connectivity index (χ0) is 27.8. The standard InChI is InChI=1S/C27H27F3N4O4S/c1-16(33-23(35)24-31-12-22(39-24)34-13-26(14-34)8-9-38-15-26)17-2-4-18(5-3-17)21-10-20(27(28,29)30)7-6-19(21)11-32-25(36)37/h2-7,10,12,16,32H,8-9,11,13-15H2,1H3,(H,33,35)(H,36,37)/t16-/m1/s1. The summed E-state index contributed by atoms with van der Waals surface area (Å²) in [6.07, 6.45) is -3.04. The molecule has 39 heavy (non-hydrogen) atoms. The van der Waals surface area contributed by atoms with Crippen LogP contribution in [0.2, 0.25) is 0 Å². The summed E-state index contributed by atoms with van der Waals surface area (Å²) >= 11 is 1.34. The number of nitrogens with zero attached hydrogens (tertiary/aromatic N) is 2. The lowest BCUT2D eigenvalue weighted by Crippen LogP contribution is -2.56. The van der Waals surface area contributed by atoms with Gasteiger partial charge in [-0.25, -0.2) is 9.78 Å². The first-order valence-electron chi connectivity index (χ1n) is 12.4. The maximum absolute atomic E-state index is 13.3. The minimum Gasteiger partial charge on any atom is -0.465 e. The highest BCUT2D eigenvalue weighted by molar-refractivity contribution is 7.17. The first kappa shape index (κ1) is 26.9. The van der Waals surface area contributed by atoms with Crippen molar-refractivity contribution in [2.75, 3.05) is 31.2 Å². The molecule has 0 saturated carbocycles. The first-order chi connectivity index (χ1) is 18.5. The highest BCUT2D eigenvalue weighted by Crippen LogP contribution is 2.42. The predicted molar refractivity (Wildman–Crippen MR) is 140 cm³/mol. The van der Waals surface area contributed by atoms with E-state index in [0.29, 0.717) is 16.1 Å². The number of carbonyl (C=O) groups is 2. The SMILES string of the molecule is C[C@@H](NC(=O)c1ncc(N2CC3(CCOC3)C2)s1)c1ccc(-c2cc(C(F)(F)F)ccc2CNC(=O)O)cc1. The Morgan fingerprint density at radius 3 is 2.59 bits per heavy atom. The number of aromatic nitrogens is 1. The summed E-state index contributed by atoms with van der Waals surface area (Å²) < 4.78 is 45.5. The van der Waals surface area contributed by atoms with Crippen LogP contribution >= 0.6 is 11.3 Å². The number of amides is 2. The minimum absolute atomic E-state index is 0.140. The van der Waals surface area contributed by atoms with E-state index in [0.717, 1.165) is 55.4 Å². The zero-order valence-corrected chi connectivity index (χ0v) is 21.9. The van der Waals surface area contributed by atoms with E-state index in [-0.39, 0.29) is 29.5 Å². The summed E-state index contributed by atoms with van der Waals surface area (Å²) in [5.74, 6) is -0.304. The molecule has 12 heteroatoms. The minimum atomic E-state index is -4.54. The Hall–Kier alpha value is -3.64. The number of rotatable bonds is 7. The summed E-state index contributed by atoms with van der Waals surface area (Å²) in [6, 6.07) is 9.61. The summed E-state index contributed by atoms with van der Waals surface area (Å²) in [6.45, 7) is 5.05. The van der Waals surface area contributed by atoms with Crippen molar-refractivity contribution >= 4 is 28.3 Å². The molecule has 1 atom stereocenters. The molecule has 3 N–H and O–H groups in total. The van der Waals surface area contributed by atoms with Crippen molar-refractivity contribution in [2.45, 2.75) is 32.1 Å². The van der Waals surface area contributed by atoms with Gasteiger partial charge >= 0.3 is 12.3 Å². The van der Waals surface area contributed by atoms with Gasteiger partial charge in [0.15, 0.2) is 5.01 Å². The predicted octanol–water partition coefficient (Wildman–Crippen LogP) is 5.31. The van der Waals surface area contributed by atoms with Crippen LogP contribution in [-0.4, -0.2) is 48.4 Å². The number of anilines is 1. The van der Waals surface area contributed by atoms with Gasteiger partial charge < -0.3 is 25.4 Å². The molecule has 3 heterocycles. The van der Waals surface area contributed by atoms with Crippen LogP contribution in [0.5, 0.6) is 0 Å². The van der Waals surface area contributed by atoms with Crippen molar-refractivity contribution in [3.8, 4) is 11.1 Å². The normalized spacial score (nSPS) is 17.1. The van der Waals surface area contributed by atoms with Gasteiger partial charge in [0.2, 0.25) is 0 Å². The fraction of sp³-hybridized carbons (Fsp3) is 0.370. The lowest BCUT2D eigenvalue weighted by molar-refractivity contribution is -0.137. The Morgan fingerprint density at radius 2 is 1.95 bits per heavy atom. The van der Waals surface area contributed by atoms with E-state index in [4.69, 9.17) is 9.84 Å². The van der Waals surface area contributed by atoms with Gasteiger partial charge in [-0.05, 0) is 47.7 Å². The lowest BCUT2D eigenvalue weighted by Gasteiger charge is -2.47. The average molecular weight is 561 g/mol. The van der Waals surface area contributed by atoms with Crippen LogP contribution in [0.1, 0.15) is 45.9 Å². The molecular formula is C27H27F3N4O4S. The lowest BCUT2D eigenvalue weighted by atomic mass is 9.79. The Bertz CT molecular complexity index is 1360. The van der Waals surface area contributed by atoms with E-state index in [1.54, 1.807) is 30.5 Å². The highest BCUT2D eigenvalue weighted by atomic mass is 32.1. The largest absolute Gasteiger partial charge is 0.465 e. The van der Waals surface area contributed by atoms with Gasteiger partial charge in [-0.3, -0.25) is 4.79 Å². The van der Waals surface area contributed by atoms with Crippen LogP contribution in [0, 0.1) is 5.41 Å². The third kappa shape index (κ3) is 5.86. The number of halogens is 3. The molecule has 0 aliphatic carbocycles.